The van der Waals surface area contributed by atoms with E-state index in [4.69, 9.17) is 0 Å². The number of fused-ring (bicyclic) bond motifs is 1. The highest BCUT2D eigenvalue weighted by Crippen LogP contribution is 2.25. The number of hydrogen-bond acceptors (Lipinski definition) is 2. The third kappa shape index (κ3) is 2.26. The molecular formula is C14H11F2NOS. The van der Waals surface area contributed by atoms with E-state index < -0.39 is 11.6 Å². The Bertz CT molecular complexity index is 638. The third-order valence-corrected chi connectivity index (χ3v) is 4.28. The van der Waals surface area contributed by atoms with Gasteiger partial charge >= 0.3 is 0 Å². The summed E-state index contributed by atoms with van der Waals surface area (Å²) in [5, 5.41) is 2.01. The molecule has 0 spiro atoms. The maximum absolute atomic E-state index is 13.2. The quantitative estimate of drug-likeness (QED) is 0.785. The van der Waals surface area contributed by atoms with Crippen LogP contribution < -0.4 is 0 Å². The minimum Gasteiger partial charge on any atom is -0.334 e. The smallest absolute Gasteiger partial charge is 0.254 e. The van der Waals surface area contributed by atoms with Crippen molar-refractivity contribution in [3.8, 4) is 0 Å². The zero-order valence-corrected chi connectivity index (χ0v) is 10.8. The minimum absolute atomic E-state index is 0.192. The third-order valence-electron chi connectivity index (χ3n) is 3.26. The standard InChI is InChI=1S/C14H11F2NOS/c15-11-2-1-9(7-12(11)16)14(18)17-5-3-13-10(8-17)4-6-19-13/h1-2,4,6-7H,3,5,8H2. The fraction of sp³-hybridized carbons (Fsp3) is 0.214. The van der Waals surface area contributed by atoms with Crippen molar-refractivity contribution < 1.29 is 13.6 Å². The van der Waals surface area contributed by atoms with Gasteiger partial charge in [0.25, 0.3) is 5.91 Å². The lowest BCUT2D eigenvalue weighted by Gasteiger charge is -2.27. The van der Waals surface area contributed by atoms with Crippen molar-refractivity contribution in [1.29, 1.82) is 0 Å². The summed E-state index contributed by atoms with van der Waals surface area (Å²) >= 11 is 1.69. The van der Waals surface area contributed by atoms with Crippen LogP contribution in [0, 0.1) is 11.6 Å². The van der Waals surface area contributed by atoms with E-state index in [-0.39, 0.29) is 11.5 Å². The van der Waals surface area contributed by atoms with Crippen LogP contribution in [0.15, 0.2) is 29.6 Å². The molecule has 2 aromatic rings. The second-order valence-corrected chi connectivity index (χ2v) is 5.48. The van der Waals surface area contributed by atoms with Crippen molar-refractivity contribution in [1.82, 2.24) is 4.90 Å². The topological polar surface area (TPSA) is 20.3 Å². The molecule has 3 rings (SSSR count). The molecule has 1 aliphatic rings. The van der Waals surface area contributed by atoms with Gasteiger partial charge in [0.15, 0.2) is 11.6 Å². The molecule has 2 nitrogen and oxygen atoms in total. The Morgan fingerprint density at radius 2 is 2.05 bits per heavy atom. The van der Waals surface area contributed by atoms with E-state index in [1.165, 1.54) is 10.9 Å². The van der Waals surface area contributed by atoms with Gasteiger partial charge in [0.1, 0.15) is 0 Å². The van der Waals surface area contributed by atoms with Crippen LogP contribution in [0.4, 0.5) is 8.78 Å². The molecule has 0 saturated heterocycles. The van der Waals surface area contributed by atoms with Gasteiger partial charge < -0.3 is 4.90 Å². The molecule has 19 heavy (non-hydrogen) atoms. The molecule has 1 aliphatic heterocycles. The number of amides is 1. The van der Waals surface area contributed by atoms with E-state index in [2.05, 4.69) is 0 Å². The summed E-state index contributed by atoms with van der Waals surface area (Å²) in [7, 11) is 0. The van der Waals surface area contributed by atoms with Gasteiger partial charge in [-0.1, -0.05) is 0 Å². The molecule has 0 radical (unpaired) electrons. The predicted molar refractivity (Wildman–Crippen MR) is 69.1 cm³/mol. The number of hydrogen-bond donors (Lipinski definition) is 0. The molecule has 5 heteroatoms. The van der Waals surface area contributed by atoms with Crippen molar-refractivity contribution >= 4 is 17.2 Å². The summed E-state index contributed by atoms with van der Waals surface area (Å²) in [6.07, 6.45) is 0.822. The first-order valence-corrected chi connectivity index (χ1v) is 6.82. The Kier molecular flexibility index (Phi) is 3.06. The van der Waals surface area contributed by atoms with Gasteiger partial charge in [0.05, 0.1) is 0 Å². The average molecular weight is 279 g/mol. The molecule has 0 fully saturated rings. The van der Waals surface area contributed by atoms with Gasteiger partial charge in [-0.2, -0.15) is 0 Å². The molecule has 98 valence electrons. The van der Waals surface area contributed by atoms with Crippen molar-refractivity contribution in [2.75, 3.05) is 6.54 Å². The van der Waals surface area contributed by atoms with E-state index in [9.17, 15) is 13.6 Å². The Morgan fingerprint density at radius 3 is 2.84 bits per heavy atom. The van der Waals surface area contributed by atoms with Crippen LogP contribution in [-0.2, 0) is 13.0 Å². The number of rotatable bonds is 1. The van der Waals surface area contributed by atoms with Gasteiger partial charge in [-0.25, -0.2) is 8.78 Å². The lowest BCUT2D eigenvalue weighted by molar-refractivity contribution is 0.0735. The van der Waals surface area contributed by atoms with Crippen LogP contribution in [0.5, 0.6) is 0 Å². The normalized spacial score (nSPS) is 14.3. The molecule has 1 aromatic carbocycles. The highest BCUT2D eigenvalue weighted by molar-refractivity contribution is 7.10. The maximum atomic E-state index is 13.2. The van der Waals surface area contributed by atoms with Crippen molar-refractivity contribution in [2.24, 2.45) is 0 Å². The summed E-state index contributed by atoms with van der Waals surface area (Å²) in [6, 6.07) is 5.28. The van der Waals surface area contributed by atoms with Crippen LogP contribution in [-0.4, -0.2) is 17.4 Å². The lowest BCUT2D eigenvalue weighted by atomic mass is 10.1. The minimum atomic E-state index is -0.987. The summed E-state index contributed by atoms with van der Waals surface area (Å²) in [5.74, 6) is -2.18. The molecule has 0 aliphatic carbocycles. The van der Waals surface area contributed by atoms with E-state index in [1.807, 2.05) is 11.4 Å². The van der Waals surface area contributed by atoms with Crippen LogP contribution in [0.3, 0.4) is 0 Å². The monoisotopic (exact) mass is 279 g/mol. The predicted octanol–water partition coefficient (Wildman–Crippen LogP) is 3.22. The maximum Gasteiger partial charge on any atom is 0.254 e. The van der Waals surface area contributed by atoms with Gasteiger partial charge in [-0.3, -0.25) is 4.79 Å². The van der Waals surface area contributed by atoms with E-state index in [0.29, 0.717) is 13.1 Å². The summed E-state index contributed by atoms with van der Waals surface area (Å²) in [6.45, 7) is 1.15. The van der Waals surface area contributed by atoms with Crippen molar-refractivity contribution in [3.05, 3.63) is 57.3 Å². The molecule has 0 bridgehead atoms. The van der Waals surface area contributed by atoms with E-state index in [0.717, 1.165) is 24.1 Å². The highest BCUT2D eigenvalue weighted by Gasteiger charge is 2.23. The fourth-order valence-corrected chi connectivity index (χ4v) is 3.12. The number of carbonyl (C=O) groups is 1. The molecule has 1 amide bonds. The summed E-state index contributed by atoms with van der Waals surface area (Å²) < 4.78 is 26.0. The highest BCUT2D eigenvalue weighted by atomic mass is 32.1. The Hall–Kier alpha value is -1.75. The van der Waals surface area contributed by atoms with Crippen LogP contribution in [0.2, 0.25) is 0 Å². The molecule has 0 N–H and O–H groups in total. The first-order valence-electron chi connectivity index (χ1n) is 5.95. The average Bonchev–Trinajstić information content (AvgIpc) is 2.88. The van der Waals surface area contributed by atoms with Gasteiger partial charge in [0.2, 0.25) is 0 Å². The summed E-state index contributed by atoms with van der Waals surface area (Å²) in [5.41, 5.74) is 1.34. The first-order chi connectivity index (χ1) is 9.15. The van der Waals surface area contributed by atoms with Gasteiger partial charge in [0, 0.05) is 23.5 Å². The Morgan fingerprint density at radius 1 is 1.21 bits per heavy atom. The SMILES string of the molecule is O=C(c1ccc(F)c(F)c1)N1CCc2sccc2C1. The van der Waals surface area contributed by atoms with Gasteiger partial charge in [-0.15, -0.1) is 11.3 Å². The molecule has 1 aromatic heterocycles. The molecule has 0 unspecified atom stereocenters. The Labute approximate surface area is 113 Å². The molecule has 0 saturated carbocycles. The van der Waals surface area contributed by atoms with Crippen molar-refractivity contribution in [2.45, 2.75) is 13.0 Å². The zero-order valence-electron chi connectivity index (χ0n) is 10.0. The Balaban J connectivity index is 1.83. The van der Waals surface area contributed by atoms with Crippen LogP contribution in [0.1, 0.15) is 20.8 Å². The van der Waals surface area contributed by atoms with E-state index >= 15 is 0 Å². The number of benzene rings is 1. The van der Waals surface area contributed by atoms with Crippen LogP contribution in [0.25, 0.3) is 0 Å². The lowest BCUT2D eigenvalue weighted by Crippen LogP contribution is -2.35. The largest absolute Gasteiger partial charge is 0.334 e. The first kappa shape index (κ1) is 12.3. The second-order valence-electron chi connectivity index (χ2n) is 4.47. The van der Waals surface area contributed by atoms with E-state index in [1.54, 1.807) is 16.2 Å². The number of thiophene rings is 1. The van der Waals surface area contributed by atoms with Crippen LogP contribution >= 0.6 is 11.3 Å². The summed E-state index contributed by atoms with van der Waals surface area (Å²) in [4.78, 5) is 15.2. The van der Waals surface area contributed by atoms with Crippen molar-refractivity contribution in [3.63, 3.8) is 0 Å². The zero-order chi connectivity index (χ0) is 13.4. The number of carbonyl (C=O) groups excluding carboxylic acids is 1. The second kappa shape index (κ2) is 4.74. The number of nitrogens with zero attached hydrogens (tertiary/aromatic N) is 1. The fourth-order valence-electron chi connectivity index (χ4n) is 2.23. The molecule has 0 atom stereocenters. The molecular weight excluding hydrogens is 268 g/mol. The molecule has 2 heterocycles. The van der Waals surface area contributed by atoms with Gasteiger partial charge in [-0.05, 0) is 41.6 Å². The number of halogens is 2.